The van der Waals surface area contributed by atoms with Crippen molar-refractivity contribution in [3.8, 4) is 5.75 Å². The van der Waals surface area contributed by atoms with Gasteiger partial charge in [-0.05, 0) is 6.92 Å². The lowest BCUT2D eigenvalue weighted by Gasteiger charge is -2.16. The van der Waals surface area contributed by atoms with Crippen LogP contribution in [0.15, 0.2) is 6.20 Å². The number of rotatable bonds is 8. The molecule has 0 amide bonds. The molecule has 5 N–H and O–H groups in total. The first-order valence-electron chi connectivity index (χ1n) is 6.09. The van der Waals surface area contributed by atoms with Crippen molar-refractivity contribution in [3.05, 3.63) is 23.0 Å². The predicted octanol–water partition coefficient (Wildman–Crippen LogP) is 0.178. The fraction of sp³-hybridized carbons (Fsp3) is 0.455. The molecule has 1 aromatic heterocycles. The van der Waals surface area contributed by atoms with Crippen molar-refractivity contribution in [1.82, 2.24) is 10.3 Å². The van der Waals surface area contributed by atoms with Crippen LogP contribution in [0.2, 0.25) is 0 Å². The molecule has 1 rings (SSSR count). The van der Waals surface area contributed by atoms with Crippen molar-refractivity contribution in [1.29, 1.82) is 0 Å². The Hall–Kier alpha value is -1.16. The highest BCUT2D eigenvalue weighted by Crippen LogP contribution is 2.38. The van der Waals surface area contributed by atoms with Crippen LogP contribution in [0.1, 0.15) is 16.8 Å². The molecule has 22 heavy (non-hydrogen) atoms. The summed E-state index contributed by atoms with van der Waals surface area (Å²) in [6.07, 6.45) is 1.30. The van der Waals surface area contributed by atoms with Crippen LogP contribution >= 0.6 is 20.5 Å². The minimum Gasteiger partial charge on any atom is -0.506 e. The van der Waals surface area contributed by atoms with Gasteiger partial charge in [0.2, 0.25) is 0 Å². The van der Waals surface area contributed by atoms with E-state index in [1.54, 1.807) is 6.92 Å². The maximum absolute atomic E-state index is 10.9. The van der Waals surface area contributed by atoms with Gasteiger partial charge in [-0.25, -0.2) is 4.57 Å². The van der Waals surface area contributed by atoms with Crippen LogP contribution in [0.4, 0.5) is 0 Å². The van der Waals surface area contributed by atoms with Crippen LogP contribution in [0, 0.1) is 6.92 Å². The number of phosphoric acid groups is 1. The van der Waals surface area contributed by atoms with Gasteiger partial charge in [0.15, 0.2) is 0 Å². The number of carboxylic acids is 1. The molecule has 9 nitrogen and oxygen atoms in total. The molecule has 0 unspecified atom stereocenters. The Morgan fingerprint density at radius 2 is 2.18 bits per heavy atom. The minimum atomic E-state index is -4.67. The second-order valence-electron chi connectivity index (χ2n) is 4.41. The summed E-state index contributed by atoms with van der Waals surface area (Å²) in [5.74, 6) is -1.26. The highest BCUT2D eigenvalue weighted by atomic mass is 32.1. The predicted molar refractivity (Wildman–Crippen MR) is 79.6 cm³/mol. The van der Waals surface area contributed by atoms with Crippen molar-refractivity contribution < 1.29 is 33.9 Å². The van der Waals surface area contributed by atoms with Crippen LogP contribution < -0.4 is 5.32 Å². The molecule has 0 aliphatic rings. The number of aromatic hydroxyl groups is 1. The fourth-order valence-electron chi connectivity index (χ4n) is 1.61. The fourth-order valence-corrected chi connectivity index (χ4v) is 2.21. The van der Waals surface area contributed by atoms with Crippen molar-refractivity contribution in [3.63, 3.8) is 0 Å². The van der Waals surface area contributed by atoms with Gasteiger partial charge < -0.3 is 20.0 Å². The molecule has 1 aromatic rings. The standard InChI is InChI=1S/C11H17N2O7PS/c1-6-10(14)8(3-13-9(5-22)11(15)16)7(2-12-6)4-20-21(17,18)19/h2,9,13-14,22H,3-5H2,1H3,(H,15,16)(H2,17,18,19)/t9-/m1/s1. The molecule has 0 bridgehead atoms. The summed E-state index contributed by atoms with van der Waals surface area (Å²) < 4.78 is 15.1. The number of hydrogen-bond acceptors (Lipinski definition) is 7. The highest BCUT2D eigenvalue weighted by Gasteiger charge is 2.20. The molecule has 0 saturated heterocycles. The minimum absolute atomic E-state index is 0.0362. The van der Waals surface area contributed by atoms with Gasteiger partial charge in [0, 0.05) is 29.6 Å². The molecule has 0 fully saturated rings. The lowest BCUT2D eigenvalue weighted by molar-refractivity contribution is -0.138. The Morgan fingerprint density at radius 3 is 2.68 bits per heavy atom. The number of aryl methyl sites for hydroxylation is 1. The maximum atomic E-state index is 10.9. The van der Waals surface area contributed by atoms with Crippen molar-refractivity contribution in [2.75, 3.05) is 5.75 Å². The molecule has 0 saturated carbocycles. The first kappa shape index (κ1) is 18.9. The van der Waals surface area contributed by atoms with Gasteiger partial charge >= 0.3 is 13.8 Å². The number of nitrogens with one attached hydrogen (secondary N) is 1. The second kappa shape index (κ2) is 7.91. The van der Waals surface area contributed by atoms with Gasteiger partial charge in [-0.1, -0.05) is 0 Å². The molecule has 124 valence electrons. The van der Waals surface area contributed by atoms with E-state index in [1.807, 2.05) is 0 Å². The molecule has 0 radical (unpaired) electrons. The highest BCUT2D eigenvalue weighted by molar-refractivity contribution is 7.80. The summed E-state index contributed by atoms with van der Waals surface area (Å²) >= 11 is 3.91. The van der Waals surface area contributed by atoms with Crippen LogP contribution in [-0.2, 0) is 27.0 Å². The van der Waals surface area contributed by atoms with Crippen LogP contribution in [0.3, 0.4) is 0 Å². The number of aromatic nitrogens is 1. The molecular weight excluding hydrogens is 335 g/mol. The van der Waals surface area contributed by atoms with E-state index in [0.717, 1.165) is 0 Å². The Bertz CT molecular complexity index is 592. The van der Waals surface area contributed by atoms with E-state index in [0.29, 0.717) is 5.69 Å². The van der Waals surface area contributed by atoms with Crippen molar-refractivity contribution in [2.45, 2.75) is 26.1 Å². The van der Waals surface area contributed by atoms with Gasteiger partial charge in [0.05, 0.1) is 12.3 Å². The second-order valence-corrected chi connectivity index (χ2v) is 6.02. The van der Waals surface area contributed by atoms with Gasteiger partial charge in [0.1, 0.15) is 11.8 Å². The van der Waals surface area contributed by atoms with E-state index >= 15 is 0 Å². The van der Waals surface area contributed by atoms with E-state index < -0.39 is 26.4 Å². The van der Waals surface area contributed by atoms with Crippen molar-refractivity contribution in [2.24, 2.45) is 0 Å². The number of hydrogen-bond donors (Lipinski definition) is 6. The SMILES string of the molecule is Cc1ncc(COP(=O)(O)O)c(CN[C@H](CS)C(=O)O)c1O. The number of carbonyl (C=O) groups is 1. The largest absolute Gasteiger partial charge is 0.506 e. The van der Waals surface area contributed by atoms with E-state index in [4.69, 9.17) is 14.9 Å². The number of nitrogens with zero attached hydrogens (tertiary/aromatic N) is 1. The number of phosphoric ester groups is 1. The molecular formula is C11H17N2O7PS. The van der Waals surface area contributed by atoms with Gasteiger partial charge in [0.25, 0.3) is 0 Å². The smallest absolute Gasteiger partial charge is 0.469 e. The molecule has 0 aliphatic carbocycles. The molecule has 1 heterocycles. The van der Waals surface area contributed by atoms with E-state index in [-0.39, 0.29) is 29.2 Å². The van der Waals surface area contributed by atoms with Crippen LogP contribution in [0.5, 0.6) is 5.75 Å². The number of thiol groups is 1. The third-order valence-electron chi connectivity index (χ3n) is 2.82. The van der Waals surface area contributed by atoms with Gasteiger partial charge in [-0.3, -0.25) is 19.6 Å². The Kier molecular flexibility index (Phi) is 6.79. The summed E-state index contributed by atoms with van der Waals surface area (Å²) in [5, 5.41) is 21.6. The average Bonchev–Trinajstić information content (AvgIpc) is 2.41. The maximum Gasteiger partial charge on any atom is 0.469 e. The monoisotopic (exact) mass is 352 g/mol. The normalized spacial score (nSPS) is 13.1. The first-order chi connectivity index (χ1) is 10.2. The Balaban J connectivity index is 2.97. The van der Waals surface area contributed by atoms with Crippen LogP contribution in [-0.4, -0.2) is 42.7 Å². The molecule has 0 aliphatic heterocycles. The number of pyridine rings is 1. The van der Waals surface area contributed by atoms with Gasteiger partial charge in [-0.15, -0.1) is 0 Å². The summed E-state index contributed by atoms with van der Waals surface area (Å²) in [6, 6.07) is -0.938. The van der Waals surface area contributed by atoms with E-state index in [1.165, 1.54) is 6.20 Å². The topological polar surface area (TPSA) is 149 Å². The number of aliphatic carboxylic acids is 1. The quantitative estimate of drug-likeness (QED) is 0.284. The summed E-state index contributed by atoms with van der Waals surface area (Å²) in [7, 11) is -4.67. The Morgan fingerprint density at radius 1 is 1.55 bits per heavy atom. The average molecular weight is 352 g/mol. The summed E-state index contributed by atoms with van der Waals surface area (Å²) in [5.41, 5.74) is 0.797. The zero-order valence-electron chi connectivity index (χ0n) is 11.6. The zero-order valence-corrected chi connectivity index (χ0v) is 13.4. The summed E-state index contributed by atoms with van der Waals surface area (Å²) in [6.45, 7) is 1.02. The molecule has 0 spiro atoms. The molecule has 0 aromatic carbocycles. The molecule has 1 atom stereocenters. The Labute approximate surface area is 132 Å². The van der Waals surface area contributed by atoms with E-state index in [9.17, 15) is 14.5 Å². The number of carboxylic acid groups (broad SMARTS) is 1. The third-order valence-corrected chi connectivity index (χ3v) is 3.65. The van der Waals surface area contributed by atoms with Crippen LogP contribution in [0.25, 0.3) is 0 Å². The lowest BCUT2D eigenvalue weighted by Crippen LogP contribution is -2.38. The molecule has 11 heteroatoms. The summed E-state index contributed by atoms with van der Waals surface area (Å²) in [4.78, 5) is 32.3. The third kappa shape index (κ3) is 5.56. The first-order valence-corrected chi connectivity index (χ1v) is 8.25. The zero-order chi connectivity index (χ0) is 16.9. The van der Waals surface area contributed by atoms with Crippen molar-refractivity contribution >= 4 is 26.4 Å². The lowest BCUT2D eigenvalue weighted by atomic mass is 10.1. The van der Waals surface area contributed by atoms with Gasteiger partial charge in [-0.2, -0.15) is 12.6 Å². The van der Waals surface area contributed by atoms with E-state index in [2.05, 4.69) is 27.5 Å².